The van der Waals surface area contributed by atoms with Crippen molar-refractivity contribution in [3.63, 3.8) is 0 Å². The number of nitrogens with zero attached hydrogens (tertiary/aromatic N) is 1. The van der Waals surface area contributed by atoms with Crippen LogP contribution >= 0.6 is 27.3 Å². The zero-order valence-corrected chi connectivity index (χ0v) is 17.7. The number of benzene rings is 1. The Morgan fingerprint density at radius 1 is 1.11 bits per heavy atom. The highest BCUT2D eigenvalue weighted by atomic mass is 79.9. The molecule has 2 amide bonds. The fourth-order valence-electron chi connectivity index (χ4n) is 3.25. The molecular formula is C20H24BrN3O2S. The van der Waals surface area contributed by atoms with Gasteiger partial charge in [-0.05, 0) is 71.1 Å². The second kappa shape index (κ2) is 9.37. The van der Waals surface area contributed by atoms with Crippen molar-refractivity contribution < 1.29 is 9.59 Å². The van der Waals surface area contributed by atoms with Gasteiger partial charge in [0.25, 0.3) is 5.91 Å². The topological polar surface area (TPSA) is 61.4 Å². The SMILES string of the molecule is CN(CC(=O)Nc1ccc(NCC2CCCC2)cc1)C(=O)c1ccc(Br)s1. The van der Waals surface area contributed by atoms with Gasteiger partial charge in [0.1, 0.15) is 0 Å². The molecule has 0 bridgehead atoms. The van der Waals surface area contributed by atoms with Gasteiger partial charge in [0.05, 0.1) is 15.2 Å². The van der Waals surface area contributed by atoms with Gasteiger partial charge in [-0.1, -0.05) is 12.8 Å². The zero-order chi connectivity index (χ0) is 19.2. The van der Waals surface area contributed by atoms with E-state index in [4.69, 9.17) is 0 Å². The minimum Gasteiger partial charge on any atom is -0.385 e. The van der Waals surface area contributed by atoms with E-state index in [0.29, 0.717) is 4.88 Å². The molecule has 0 spiro atoms. The summed E-state index contributed by atoms with van der Waals surface area (Å²) in [6.45, 7) is 1.02. The summed E-state index contributed by atoms with van der Waals surface area (Å²) in [5.74, 6) is 0.405. The number of hydrogen-bond acceptors (Lipinski definition) is 4. The van der Waals surface area contributed by atoms with E-state index < -0.39 is 0 Å². The number of hydrogen-bond donors (Lipinski definition) is 2. The summed E-state index contributed by atoms with van der Waals surface area (Å²) in [4.78, 5) is 26.5. The lowest BCUT2D eigenvalue weighted by atomic mass is 10.1. The first kappa shape index (κ1) is 19.9. The van der Waals surface area contributed by atoms with Crippen molar-refractivity contribution in [2.75, 3.05) is 30.8 Å². The smallest absolute Gasteiger partial charge is 0.264 e. The Labute approximate surface area is 172 Å². The van der Waals surface area contributed by atoms with Gasteiger partial charge in [0.15, 0.2) is 0 Å². The second-order valence-electron chi connectivity index (χ2n) is 6.92. The molecular weight excluding hydrogens is 426 g/mol. The predicted octanol–water partition coefficient (Wildman–Crippen LogP) is 4.82. The molecule has 1 aromatic carbocycles. The van der Waals surface area contributed by atoms with E-state index in [1.54, 1.807) is 13.1 Å². The highest BCUT2D eigenvalue weighted by Crippen LogP contribution is 2.25. The molecule has 1 aliphatic carbocycles. The van der Waals surface area contributed by atoms with Gasteiger partial charge in [-0.15, -0.1) is 11.3 Å². The van der Waals surface area contributed by atoms with E-state index in [9.17, 15) is 9.59 Å². The molecule has 0 unspecified atom stereocenters. The average molecular weight is 450 g/mol. The Morgan fingerprint density at radius 3 is 2.41 bits per heavy atom. The number of rotatable bonds is 7. The van der Waals surface area contributed by atoms with Crippen LogP contribution < -0.4 is 10.6 Å². The van der Waals surface area contributed by atoms with Gasteiger partial charge in [0.2, 0.25) is 5.91 Å². The van der Waals surface area contributed by atoms with Crippen molar-refractivity contribution in [2.24, 2.45) is 5.92 Å². The summed E-state index contributed by atoms with van der Waals surface area (Å²) in [6.07, 6.45) is 5.32. The Balaban J connectivity index is 1.46. The average Bonchev–Trinajstić information content (AvgIpc) is 3.32. The summed E-state index contributed by atoms with van der Waals surface area (Å²) in [5, 5.41) is 6.31. The number of halogens is 1. The molecule has 1 aromatic heterocycles. The third-order valence-corrected chi connectivity index (χ3v) is 6.36. The summed E-state index contributed by atoms with van der Waals surface area (Å²) < 4.78 is 0.894. The van der Waals surface area contributed by atoms with Gasteiger partial charge >= 0.3 is 0 Å². The zero-order valence-electron chi connectivity index (χ0n) is 15.3. The van der Waals surface area contributed by atoms with Gasteiger partial charge < -0.3 is 15.5 Å². The maximum absolute atomic E-state index is 12.3. The Hall–Kier alpha value is -1.86. The molecule has 0 atom stereocenters. The van der Waals surface area contributed by atoms with E-state index >= 15 is 0 Å². The van der Waals surface area contributed by atoms with Crippen molar-refractivity contribution in [1.29, 1.82) is 0 Å². The van der Waals surface area contributed by atoms with Crippen LogP contribution in [0.3, 0.4) is 0 Å². The molecule has 3 rings (SSSR count). The Morgan fingerprint density at radius 2 is 1.78 bits per heavy atom. The molecule has 144 valence electrons. The van der Waals surface area contributed by atoms with Gasteiger partial charge in [0, 0.05) is 25.0 Å². The quantitative estimate of drug-likeness (QED) is 0.636. The van der Waals surface area contributed by atoms with Crippen LogP contribution in [0.25, 0.3) is 0 Å². The highest BCUT2D eigenvalue weighted by Gasteiger charge is 2.17. The minimum absolute atomic E-state index is 0.00995. The lowest BCUT2D eigenvalue weighted by Gasteiger charge is -2.16. The molecule has 1 fully saturated rings. The van der Waals surface area contributed by atoms with Crippen LogP contribution in [0.4, 0.5) is 11.4 Å². The first-order valence-electron chi connectivity index (χ1n) is 9.16. The predicted molar refractivity (Wildman–Crippen MR) is 114 cm³/mol. The third-order valence-electron chi connectivity index (χ3n) is 4.75. The number of amides is 2. The minimum atomic E-state index is -0.215. The van der Waals surface area contributed by atoms with Crippen molar-refractivity contribution in [3.8, 4) is 0 Å². The number of likely N-dealkylation sites (N-methyl/N-ethyl adjacent to an activating group) is 1. The molecule has 7 heteroatoms. The van der Waals surface area contributed by atoms with E-state index in [-0.39, 0.29) is 18.4 Å². The number of carbonyl (C=O) groups is 2. The van der Waals surface area contributed by atoms with Gasteiger partial charge in [-0.2, -0.15) is 0 Å². The van der Waals surface area contributed by atoms with E-state index in [2.05, 4.69) is 26.6 Å². The van der Waals surface area contributed by atoms with Crippen molar-refractivity contribution >= 4 is 50.5 Å². The van der Waals surface area contributed by atoms with E-state index in [1.165, 1.54) is 41.9 Å². The van der Waals surface area contributed by atoms with Crippen molar-refractivity contribution in [3.05, 3.63) is 45.1 Å². The molecule has 2 aromatic rings. The fourth-order valence-corrected chi connectivity index (χ4v) is 4.63. The third kappa shape index (κ3) is 5.81. The molecule has 1 heterocycles. The van der Waals surface area contributed by atoms with E-state index in [1.807, 2.05) is 30.3 Å². The lowest BCUT2D eigenvalue weighted by molar-refractivity contribution is -0.116. The van der Waals surface area contributed by atoms with Crippen LogP contribution in [0.2, 0.25) is 0 Å². The maximum atomic E-state index is 12.3. The number of nitrogens with one attached hydrogen (secondary N) is 2. The van der Waals surface area contributed by atoms with E-state index in [0.717, 1.165) is 27.6 Å². The first-order valence-corrected chi connectivity index (χ1v) is 10.8. The van der Waals surface area contributed by atoms with Gasteiger partial charge in [-0.3, -0.25) is 9.59 Å². The molecule has 1 aliphatic rings. The molecule has 0 aliphatic heterocycles. The van der Waals surface area contributed by atoms with Crippen LogP contribution in [-0.2, 0) is 4.79 Å². The molecule has 2 N–H and O–H groups in total. The normalized spacial score (nSPS) is 14.1. The van der Waals surface area contributed by atoms with Crippen LogP contribution in [0, 0.1) is 5.92 Å². The summed E-state index contributed by atoms with van der Waals surface area (Å²) >= 11 is 4.70. The fraction of sp³-hybridized carbons (Fsp3) is 0.400. The second-order valence-corrected chi connectivity index (χ2v) is 9.38. The Kier molecular flexibility index (Phi) is 6.90. The number of thiophene rings is 1. The summed E-state index contributed by atoms with van der Waals surface area (Å²) in [5.41, 5.74) is 1.79. The standard InChI is InChI=1S/C20H24BrN3O2S/c1-24(20(26)17-10-11-18(21)27-17)13-19(25)23-16-8-6-15(7-9-16)22-12-14-4-2-3-5-14/h6-11,14,22H,2-5,12-13H2,1H3,(H,23,25). The van der Waals surface area contributed by atoms with Crippen LogP contribution in [0.5, 0.6) is 0 Å². The summed E-state index contributed by atoms with van der Waals surface area (Å²) in [7, 11) is 1.63. The molecule has 1 saturated carbocycles. The highest BCUT2D eigenvalue weighted by molar-refractivity contribution is 9.11. The van der Waals surface area contributed by atoms with Crippen LogP contribution in [-0.4, -0.2) is 36.9 Å². The lowest BCUT2D eigenvalue weighted by Crippen LogP contribution is -2.34. The van der Waals surface area contributed by atoms with Crippen molar-refractivity contribution in [2.45, 2.75) is 25.7 Å². The van der Waals surface area contributed by atoms with Gasteiger partial charge in [-0.25, -0.2) is 0 Å². The molecule has 27 heavy (non-hydrogen) atoms. The monoisotopic (exact) mass is 449 g/mol. The molecule has 5 nitrogen and oxygen atoms in total. The largest absolute Gasteiger partial charge is 0.385 e. The molecule has 0 radical (unpaired) electrons. The number of anilines is 2. The van der Waals surface area contributed by atoms with Crippen molar-refractivity contribution in [1.82, 2.24) is 4.90 Å². The Bertz CT molecular complexity index is 785. The summed E-state index contributed by atoms with van der Waals surface area (Å²) in [6, 6.07) is 11.3. The van der Waals surface area contributed by atoms with Crippen LogP contribution in [0.1, 0.15) is 35.4 Å². The first-order chi connectivity index (χ1) is 13.0. The molecule has 0 saturated heterocycles. The number of carbonyl (C=O) groups excluding carboxylic acids is 2. The van der Waals surface area contributed by atoms with Crippen LogP contribution in [0.15, 0.2) is 40.2 Å². The maximum Gasteiger partial charge on any atom is 0.264 e.